The highest BCUT2D eigenvalue weighted by atomic mass is 35.5. The Kier molecular flexibility index (Phi) is 7.45. The fourth-order valence-electron chi connectivity index (χ4n) is 2.08. The van der Waals surface area contributed by atoms with Crippen molar-refractivity contribution in [2.45, 2.75) is 0 Å². The van der Waals surface area contributed by atoms with Crippen molar-refractivity contribution in [1.29, 1.82) is 0 Å². The number of methoxy groups -OCH3 is 2. The predicted octanol–water partition coefficient (Wildman–Crippen LogP) is 2.89. The van der Waals surface area contributed by atoms with Crippen LogP contribution in [-0.2, 0) is 4.79 Å². The van der Waals surface area contributed by atoms with Crippen molar-refractivity contribution in [2.75, 3.05) is 20.8 Å². The third kappa shape index (κ3) is 5.60. The van der Waals surface area contributed by atoms with Crippen LogP contribution in [-0.4, -0.2) is 38.8 Å². The van der Waals surface area contributed by atoms with E-state index in [1.165, 1.54) is 26.5 Å². The normalized spacial score (nSPS) is 10.5. The Hall–Kier alpha value is -2.77. The van der Waals surface area contributed by atoms with Crippen molar-refractivity contribution < 1.29 is 19.1 Å². The van der Waals surface area contributed by atoms with Gasteiger partial charge in [-0.15, -0.1) is 0 Å². The monoisotopic (exact) mass is 409 g/mol. The number of rotatable bonds is 7. The largest absolute Gasteiger partial charge is 0.493 e. The SMILES string of the molecule is COc1ccc(C(=O)NCC(=O)N/N=C\c2c(Cl)cccc2Cl)cc1OC. The molecule has 0 unspecified atom stereocenters. The van der Waals surface area contributed by atoms with Crippen LogP contribution in [0.4, 0.5) is 0 Å². The third-order valence-corrected chi connectivity index (χ3v) is 4.10. The minimum absolute atomic E-state index is 0.263. The van der Waals surface area contributed by atoms with Gasteiger partial charge >= 0.3 is 0 Å². The second-order valence-electron chi connectivity index (χ2n) is 5.18. The van der Waals surface area contributed by atoms with Crippen molar-refractivity contribution in [2.24, 2.45) is 5.10 Å². The van der Waals surface area contributed by atoms with Gasteiger partial charge in [0.15, 0.2) is 11.5 Å². The molecule has 0 saturated heterocycles. The number of nitrogens with one attached hydrogen (secondary N) is 2. The van der Waals surface area contributed by atoms with Crippen LogP contribution in [0.5, 0.6) is 11.5 Å². The van der Waals surface area contributed by atoms with Gasteiger partial charge in [0.2, 0.25) is 0 Å². The molecule has 2 amide bonds. The van der Waals surface area contributed by atoms with Crippen LogP contribution < -0.4 is 20.2 Å². The molecule has 0 spiro atoms. The minimum Gasteiger partial charge on any atom is -0.493 e. The van der Waals surface area contributed by atoms with Crippen LogP contribution in [0.25, 0.3) is 0 Å². The molecule has 0 aliphatic carbocycles. The van der Waals surface area contributed by atoms with Gasteiger partial charge in [0, 0.05) is 11.1 Å². The van der Waals surface area contributed by atoms with Gasteiger partial charge in [0.1, 0.15) is 0 Å². The third-order valence-electron chi connectivity index (χ3n) is 3.44. The van der Waals surface area contributed by atoms with E-state index in [0.717, 1.165) is 0 Å². The van der Waals surface area contributed by atoms with E-state index in [4.69, 9.17) is 32.7 Å². The number of carbonyl (C=O) groups is 2. The van der Waals surface area contributed by atoms with Gasteiger partial charge in [-0.25, -0.2) is 5.43 Å². The van der Waals surface area contributed by atoms with Crippen LogP contribution in [0.3, 0.4) is 0 Å². The average Bonchev–Trinajstić information content (AvgIpc) is 2.67. The molecule has 0 fully saturated rings. The summed E-state index contributed by atoms with van der Waals surface area (Å²) in [6.07, 6.45) is 1.33. The summed E-state index contributed by atoms with van der Waals surface area (Å²) in [6, 6.07) is 9.69. The molecule has 142 valence electrons. The molecular formula is C18H17Cl2N3O4. The number of hydrogen-bond donors (Lipinski definition) is 2. The van der Waals surface area contributed by atoms with Gasteiger partial charge in [-0.2, -0.15) is 5.10 Å². The zero-order valence-corrected chi connectivity index (χ0v) is 16.1. The van der Waals surface area contributed by atoms with Crippen molar-refractivity contribution >= 4 is 41.2 Å². The molecule has 0 radical (unpaired) electrons. The van der Waals surface area contributed by atoms with Crippen LogP contribution >= 0.6 is 23.2 Å². The molecule has 9 heteroatoms. The fraction of sp³-hybridized carbons (Fsp3) is 0.167. The highest BCUT2D eigenvalue weighted by Gasteiger charge is 2.11. The Morgan fingerprint density at radius 1 is 1.07 bits per heavy atom. The molecular weight excluding hydrogens is 393 g/mol. The number of ether oxygens (including phenoxy) is 2. The first-order chi connectivity index (χ1) is 13.0. The summed E-state index contributed by atoms with van der Waals surface area (Å²) < 4.78 is 10.3. The van der Waals surface area contributed by atoms with E-state index in [1.807, 2.05) is 0 Å². The van der Waals surface area contributed by atoms with Crippen molar-refractivity contribution in [3.05, 3.63) is 57.6 Å². The maximum atomic E-state index is 12.1. The lowest BCUT2D eigenvalue weighted by molar-refractivity contribution is -0.120. The quantitative estimate of drug-likeness (QED) is 0.543. The molecule has 2 rings (SSSR count). The maximum Gasteiger partial charge on any atom is 0.259 e. The summed E-state index contributed by atoms with van der Waals surface area (Å²) in [7, 11) is 2.97. The molecule has 0 heterocycles. The number of hydrogen-bond acceptors (Lipinski definition) is 5. The lowest BCUT2D eigenvalue weighted by atomic mass is 10.2. The maximum absolute atomic E-state index is 12.1. The molecule has 0 aliphatic heterocycles. The Morgan fingerprint density at radius 2 is 1.74 bits per heavy atom. The van der Waals surface area contributed by atoms with E-state index in [2.05, 4.69) is 15.8 Å². The zero-order chi connectivity index (χ0) is 19.8. The number of hydrazone groups is 1. The smallest absolute Gasteiger partial charge is 0.259 e. The van der Waals surface area contributed by atoms with Gasteiger partial charge in [0.25, 0.3) is 11.8 Å². The molecule has 27 heavy (non-hydrogen) atoms. The highest BCUT2D eigenvalue weighted by molar-refractivity contribution is 6.38. The molecule has 0 saturated carbocycles. The Labute approximate surface area is 166 Å². The molecule has 0 aromatic heterocycles. The fourth-order valence-corrected chi connectivity index (χ4v) is 2.58. The predicted molar refractivity (Wildman–Crippen MR) is 104 cm³/mol. The Morgan fingerprint density at radius 3 is 2.37 bits per heavy atom. The molecule has 0 bridgehead atoms. The summed E-state index contributed by atoms with van der Waals surface area (Å²) >= 11 is 12.0. The van der Waals surface area contributed by atoms with Crippen LogP contribution in [0.1, 0.15) is 15.9 Å². The average molecular weight is 410 g/mol. The van der Waals surface area contributed by atoms with E-state index in [-0.39, 0.29) is 6.54 Å². The number of benzene rings is 2. The minimum atomic E-state index is -0.511. The zero-order valence-electron chi connectivity index (χ0n) is 14.6. The molecule has 2 aromatic carbocycles. The number of halogens is 2. The van der Waals surface area contributed by atoms with Gasteiger partial charge in [-0.3, -0.25) is 9.59 Å². The van der Waals surface area contributed by atoms with Crippen molar-refractivity contribution in [3.63, 3.8) is 0 Å². The summed E-state index contributed by atoms with van der Waals surface area (Å²) in [5.74, 6) is -0.0392. The number of carbonyl (C=O) groups excluding carboxylic acids is 2. The topological polar surface area (TPSA) is 89.0 Å². The number of nitrogens with zero attached hydrogens (tertiary/aromatic N) is 1. The standard InChI is InChI=1S/C18H17Cl2N3O4/c1-26-15-7-6-11(8-16(15)27-2)18(25)21-10-17(24)23-22-9-12-13(19)4-3-5-14(12)20/h3-9H,10H2,1-2H3,(H,21,25)(H,23,24)/b22-9-. The van der Waals surface area contributed by atoms with Crippen LogP contribution in [0.2, 0.25) is 10.0 Å². The van der Waals surface area contributed by atoms with Gasteiger partial charge in [-0.05, 0) is 30.3 Å². The van der Waals surface area contributed by atoms with Gasteiger partial charge < -0.3 is 14.8 Å². The van der Waals surface area contributed by atoms with Gasteiger partial charge in [-0.1, -0.05) is 29.3 Å². The summed E-state index contributed by atoms with van der Waals surface area (Å²) in [6.45, 7) is -0.263. The summed E-state index contributed by atoms with van der Waals surface area (Å²) in [5.41, 5.74) is 3.09. The molecule has 0 atom stereocenters. The van der Waals surface area contributed by atoms with E-state index in [0.29, 0.717) is 32.7 Å². The first-order valence-electron chi connectivity index (χ1n) is 7.72. The molecule has 2 N–H and O–H groups in total. The van der Waals surface area contributed by atoms with Crippen LogP contribution in [0, 0.1) is 0 Å². The molecule has 0 aliphatic rings. The first kappa shape index (κ1) is 20.5. The van der Waals surface area contributed by atoms with E-state index >= 15 is 0 Å². The van der Waals surface area contributed by atoms with E-state index in [9.17, 15) is 9.59 Å². The van der Waals surface area contributed by atoms with Gasteiger partial charge in [0.05, 0.1) is 37.0 Å². The van der Waals surface area contributed by atoms with Crippen LogP contribution in [0.15, 0.2) is 41.5 Å². The van der Waals surface area contributed by atoms with Crippen molar-refractivity contribution in [3.8, 4) is 11.5 Å². The highest BCUT2D eigenvalue weighted by Crippen LogP contribution is 2.27. The summed E-state index contributed by atoms with van der Waals surface area (Å²) in [5, 5.41) is 7.08. The second kappa shape index (κ2) is 9.80. The summed E-state index contributed by atoms with van der Waals surface area (Å²) in [4.78, 5) is 24.0. The van der Waals surface area contributed by atoms with E-state index < -0.39 is 11.8 Å². The Bertz CT molecular complexity index is 851. The lowest BCUT2D eigenvalue weighted by Crippen LogP contribution is -2.34. The number of amides is 2. The first-order valence-corrected chi connectivity index (χ1v) is 8.48. The molecule has 7 nitrogen and oxygen atoms in total. The van der Waals surface area contributed by atoms with E-state index in [1.54, 1.807) is 30.3 Å². The second-order valence-corrected chi connectivity index (χ2v) is 6.00. The Balaban J connectivity index is 1.90. The molecule has 2 aromatic rings. The van der Waals surface area contributed by atoms with Crippen molar-refractivity contribution in [1.82, 2.24) is 10.7 Å². The lowest BCUT2D eigenvalue weighted by Gasteiger charge is -2.09.